The molecular formula is C12H21NO2. The summed E-state index contributed by atoms with van der Waals surface area (Å²) >= 11 is 0. The SMILES string of the molecule is CC(C)N1C[C@H](C(O)C2CCC2)CC1=O. The third kappa shape index (κ3) is 2.03. The van der Waals surface area contributed by atoms with Gasteiger partial charge in [0.25, 0.3) is 0 Å². The van der Waals surface area contributed by atoms with Crippen LogP contribution >= 0.6 is 0 Å². The molecule has 1 aliphatic heterocycles. The normalized spacial score (nSPS) is 29.7. The number of carbonyl (C=O) groups is 1. The highest BCUT2D eigenvalue weighted by atomic mass is 16.3. The van der Waals surface area contributed by atoms with E-state index >= 15 is 0 Å². The number of rotatable bonds is 3. The van der Waals surface area contributed by atoms with Crippen molar-refractivity contribution in [3.8, 4) is 0 Å². The smallest absolute Gasteiger partial charge is 0.223 e. The Morgan fingerprint density at radius 1 is 1.33 bits per heavy atom. The minimum absolute atomic E-state index is 0.185. The summed E-state index contributed by atoms with van der Waals surface area (Å²) in [5, 5.41) is 10.1. The minimum Gasteiger partial charge on any atom is -0.392 e. The van der Waals surface area contributed by atoms with Crippen LogP contribution in [-0.4, -0.2) is 34.6 Å². The lowest BCUT2D eigenvalue weighted by atomic mass is 9.76. The lowest BCUT2D eigenvalue weighted by Crippen LogP contribution is -2.36. The van der Waals surface area contributed by atoms with Gasteiger partial charge in [-0.2, -0.15) is 0 Å². The maximum atomic E-state index is 11.7. The number of likely N-dealkylation sites (tertiary alicyclic amines) is 1. The molecule has 0 aromatic heterocycles. The lowest BCUT2D eigenvalue weighted by Gasteiger charge is -2.33. The molecule has 0 bridgehead atoms. The van der Waals surface area contributed by atoms with Gasteiger partial charge in [0.1, 0.15) is 0 Å². The molecule has 1 saturated heterocycles. The highest BCUT2D eigenvalue weighted by Gasteiger charge is 2.39. The van der Waals surface area contributed by atoms with Crippen LogP contribution in [0.2, 0.25) is 0 Å². The van der Waals surface area contributed by atoms with Gasteiger partial charge >= 0.3 is 0 Å². The summed E-state index contributed by atoms with van der Waals surface area (Å²) in [6, 6.07) is 0.274. The summed E-state index contributed by atoms with van der Waals surface area (Å²) in [4.78, 5) is 13.6. The number of aliphatic hydroxyl groups excluding tert-OH is 1. The van der Waals surface area contributed by atoms with Gasteiger partial charge in [-0.1, -0.05) is 6.42 Å². The predicted molar refractivity (Wildman–Crippen MR) is 58.3 cm³/mol. The Morgan fingerprint density at radius 3 is 2.40 bits per heavy atom. The van der Waals surface area contributed by atoms with Gasteiger partial charge in [-0.25, -0.2) is 0 Å². The summed E-state index contributed by atoms with van der Waals surface area (Å²) in [6.45, 7) is 4.83. The van der Waals surface area contributed by atoms with E-state index in [1.54, 1.807) is 0 Å². The predicted octanol–water partition coefficient (Wildman–Crippen LogP) is 1.40. The minimum atomic E-state index is -0.244. The first kappa shape index (κ1) is 10.9. The molecule has 3 nitrogen and oxygen atoms in total. The zero-order chi connectivity index (χ0) is 11.0. The second-order valence-electron chi connectivity index (χ2n) is 5.29. The van der Waals surface area contributed by atoms with E-state index in [2.05, 4.69) is 0 Å². The van der Waals surface area contributed by atoms with E-state index in [1.807, 2.05) is 18.7 Å². The van der Waals surface area contributed by atoms with E-state index in [-0.39, 0.29) is 24.0 Å². The molecule has 2 atom stereocenters. The Kier molecular flexibility index (Phi) is 3.01. The van der Waals surface area contributed by atoms with Crippen molar-refractivity contribution >= 4 is 5.91 Å². The second kappa shape index (κ2) is 4.12. The summed E-state index contributed by atoms with van der Waals surface area (Å²) in [5.74, 6) is 0.869. The number of amides is 1. The van der Waals surface area contributed by atoms with Gasteiger partial charge in [0.15, 0.2) is 0 Å². The lowest BCUT2D eigenvalue weighted by molar-refractivity contribution is -0.129. The molecule has 2 aliphatic rings. The number of aliphatic hydroxyl groups is 1. The number of hydrogen-bond donors (Lipinski definition) is 1. The van der Waals surface area contributed by atoms with Gasteiger partial charge in [-0.3, -0.25) is 4.79 Å². The quantitative estimate of drug-likeness (QED) is 0.766. The Balaban J connectivity index is 1.92. The van der Waals surface area contributed by atoms with E-state index in [0.717, 1.165) is 19.4 Å². The first-order chi connectivity index (χ1) is 7.09. The summed E-state index contributed by atoms with van der Waals surface area (Å²) in [7, 11) is 0. The number of hydrogen-bond acceptors (Lipinski definition) is 2. The molecule has 15 heavy (non-hydrogen) atoms. The van der Waals surface area contributed by atoms with E-state index in [4.69, 9.17) is 0 Å². The highest BCUT2D eigenvalue weighted by molar-refractivity contribution is 5.79. The van der Waals surface area contributed by atoms with Crippen LogP contribution in [0.1, 0.15) is 39.5 Å². The standard InChI is InChI=1S/C12H21NO2/c1-8(2)13-7-10(6-11(13)14)12(15)9-4-3-5-9/h8-10,12,15H,3-7H2,1-2H3/t10-,12?/m1/s1. The third-order valence-electron chi connectivity index (χ3n) is 3.93. The van der Waals surface area contributed by atoms with Gasteiger partial charge in [0, 0.05) is 24.9 Å². The van der Waals surface area contributed by atoms with Crippen molar-refractivity contribution in [2.45, 2.75) is 51.7 Å². The van der Waals surface area contributed by atoms with E-state index < -0.39 is 0 Å². The topological polar surface area (TPSA) is 40.5 Å². The maximum absolute atomic E-state index is 11.7. The summed E-state index contributed by atoms with van der Waals surface area (Å²) in [6.07, 6.45) is 3.85. The van der Waals surface area contributed by atoms with Crippen LogP contribution in [0.15, 0.2) is 0 Å². The molecule has 0 spiro atoms. The van der Waals surface area contributed by atoms with Crippen LogP contribution in [0.4, 0.5) is 0 Å². The van der Waals surface area contributed by atoms with Crippen LogP contribution in [0.5, 0.6) is 0 Å². The average molecular weight is 211 g/mol. The fraction of sp³-hybridized carbons (Fsp3) is 0.917. The van der Waals surface area contributed by atoms with Gasteiger partial charge in [-0.15, -0.1) is 0 Å². The van der Waals surface area contributed by atoms with Gasteiger partial charge < -0.3 is 10.0 Å². The van der Waals surface area contributed by atoms with Crippen LogP contribution in [-0.2, 0) is 4.79 Å². The molecule has 2 rings (SSSR count). The molecule has 3 heteroatoms. The number of nitrogens with zero attached hydrogens (tertiary/aromatic N) is 1. The molecule has 0 aromatic rings. The fourth-order valence-corrected chi connectivity index (χ4v) is 2.65. The molecule has 1 saturated carbocycles. The van der Waals surface area contributed by atoms with Crippen molar-refractivity contribution < 1.29 is 9.90 Å². The monoisotopic (exact) mass is 211 g/mol. The molecule has 1 amide bonds. The Hall–Kier alpha value is -0.570. The van der Waals surface area contributed by atoms with Gasteiger partial charge in [0.2, 0.25) is 5.91 Å². The van der Waals surface area contributed by atoms with Crippen LogP contribution in [0.3, 0.4) is 0 Å². The second-order valence-corrected chi connectivity index (χ2v) is 5.29. The van der Waals surface area contributed by atoms with Gasteiger partial charge in [-0.05, 0) is 32.6 Å². The van der Waals surface area contributed by atoms with Crippen LogP contribution in [0.25, 0.3) is 0 Å². The molecule has 2 fully saturated rings. The summed E-state index contributed by atoms with van der Waals surface area (Å²) in [5.41, 5.74) is 0. The van der Waals surface area contributed by atoms with Crippen LogP contribution in [0, 0.1) is 11.8 Å². The van der Waals surface area contributed by atoms with Crippen molar-refractivity contribution in [2.24, 2.45) is 11.8 Å². The first-order valence-corrected chi connectivity index (χ1v) is 6.07. The van der Waals surface area contributed by atoms with Crippen molar-refractivity contribution in [1.82, 2.24) is 4.90 Å². The molecule has 1 unspecified atom stereocenters. The zero-order valence-corrected chi connectivity index (χ0v) is 9.65. The Bertz CT molecular complexity index is 248. The Morgan fingerprint density at radius 2 is 2.00 bits per heavy atom. The van der Waals surface area contributed by atoms with Crippen molar-refractivity contribution in [2.75, 3.05) is 6.54 Å². The van der Waals surface area contributed by atoms with E-state index in [9.17, 15) is 9.90 Å². The molecular weight excluding hydrogens is 190 g/mol. The van der Waals surface area contributed by atoms with Crippen molar-refractivity contribution in [3.05, 3.63) is 0 Å². The van der Waals surface area contributed by atoms with Crippen molar-refractivity contribution in [1.29, 1.82) is 0 Å². The van der Waals surface area contributed by atoms with E-state index in [0.29, 0.717) is 12.3 Å². The van der Waals surface area contributed by atoms with E-state index in [1.165, 1.54) is 6.42 Å². The zero-order valence-electron chi connectivity index (χ0n) is 9.65. The maximum Gasteiger partial charge on any atom is 0.223 e. The van der Waals surface area contributed by atoms with Crippen molar-refractivity contribution in [3.63, 3.8) is 0 Å². The third-order valence-corrected chi connectivity index (χ3v) is 3.93. The molecule has 1 N–H and O–H groups in total. The van der Waals surface area contributed by atoms with Gasteiger partial charge in [0.05, 0.1) is 6.10 Å². The Labute approximate surface area is 91.5 Å². The molecule has 1 aliphatic carbocycles. The first-order valence-electron chi connectivity index (χ1n) is 6.07. The number of carbonyl (C=O) groups excluding carboxylic acids is 1. The summed E-state index contributed by atoms with van der Waals surface area (Å²) < 4.78 is 0. The highest BCUT2D eigenvalue weighted by Crippen LogP contribution is 2.36. The average Bonchev–Trinajstić information content (AvgIpc) is 2.44. The molecule has 1 heterocycles. The fourth-order valence-electron chi connectivity index (χ4n) is 2.65. The van der Waals surface area contributed by atoms with Crippen LogP contribution < -0.4 is 0 Å². The molecule has 0 aromatic carbocycles. The largest absolute Gasteiger partial charge is 0.392 e. The molecule has 86 valence electrons. The molecule has 0 radical (unpaired) electrons.